The van der Waals surface area contributed by atoms with Crippen molar-refractivity contribution in [2.24, 2.45) is 0 Å². The topological polar surface area (TPSA) is 70.1 Å². The Kier molecular flexibility index (Phi) is 7.06. The fourth-order valence-corrected chi connectivity index (χ4v) is 3.05. The third kappa shape index (κ3) is 5.53. The molecule has 1 amide bonds. The molecule has 1 aliphatic heterocycles. The van der Waals surface area contributed by atoms with E-state index in [4.69, 9.17) is 9.84 Å². The second-order valence-corrected chi connectivity index (χ2v) is 6.09. The standard InChI is InChI=1S/C18H26N2O4/c1-2-19(18(23)24-14-15-8-4-3-5-9-15)12-16-10-6-7-11-20(16)13-17(21)22/h3-5,8-9,16H,2,6-7,10-14H2,1H3,(H,21,22)/t16-/m1/s1. The number of hydrogen-bond donors (Lipinski definition) is 1. The molecule has 1 aliphatic rings. The van der Waals surface area contributed by atoms with Crippen LogP contribution in [-0.2, 0) is 16.1 Å². The van der Waals surface area contributed by atoms with Gasteiger partial charge < -0.3 is 14.7 Å². The molecule has 6 nitrogen and oxygen atoms in total. The number of nitrogens with zero attached hydrogens (tertiary/aromatic N) is 2. The van der Waals surface area contributed by atoms with Gasteiger partial charge in [-0.1, -0.05) is 36.8 Å². The summed E-state index contributed by atoms with van der Waals surface area (Å²) in [5.41, 5.74) is 0.951. The first kappa shape index (κ1) is 18.3. The Labute approximate surface area is 143 Å². The molecule has 24 heavy (non-hydrogen) atoms. The van der Waals surface area contributed by atoms with Crippen molar-refractivity contribution >= 4 is 12.1 Å². The molecule has 1 aromatic rings. The lowest BCUT2D eigenvalue weighted by Gasteiger charge is -2.37. The Morgan fingerprint density at radius 3 is 2.71 bits per heavy atom. The smallest absolute Gasteiger partial charge is 0.410 e. The number of piperidine rings is 1. The summed E-state index contributed by atoms with van der Waals surface area (Å²) in [6.45, 7) is 4.02. The Balaban J connectivity index is 1.89. The van der Waals surface area contributed by atoms with E-state index in [9.17, 15) is 9.59 Å². The predicted octanol–water partition coefficient (Wildman–Crippen LogP) is 2.58. The van der Waals surface area contributed by atoms with Crippen LogP contribution in [0.4, 0.5) is 4.79 Å². The van der Waals surface area contributed by atoms with Gasteiger partial charge in [-0.15, -0.1) is 0 Å². The van der Waals surface area contributed by atoms with E-state index in [-0.39, 0.29) is 25.3 Å². The van der Waals surface area contributed by atoms with Gasteiger partial charge in [0.2, 0.25) is 0 Å². The largest absolute Gasteiger partial charge is 0.480 e. The molecule has 0 bridgehead atoms. The highest BCUT2D eigenvalue weighted by Crippen LogP contribution is 2.18. The molecule has 0 unspecified atom stereocenters. The van der Waals surface area contributed by atoms with Gasteiger partial charge >= 0.3 is 12.1 Å². The number of benzene rings is 1. The van der Waals surface area contributed by atoms with Crippen molar-refractivity contribution in [2.75, 3.05) is 26.2 Å². The van der Waals surface area contributed by atoms with E-state index in [2.05, 4.69) is 0 Å². The van der Waals surface area contributed by atoms with E-state index in [1.165, 1.54) is 0 Å². The van der Waals surface area contributed by atoms with Gasteiger partial charge in [-0.2, -0.15) is 0 Å². The molecule has 1 atom stereocenters. The zero-order chi connectivity index (χ0) is 17.4. The number of carboxylic acids is 1. The zero-order valence-electron chi connectivity index (χ0n) is 14.2. The molecule has 2 rings (SSSR count). The number of carbonyl (C=O) groups excluding carboxylic acids is 1. The number of likely N-dealkylation sites (N-methyl/N-ethyl adjacent to an activating group) is 1. The summed E-state index contributed by atoms with van der Waals surface area (Å²) in [4.78, 5) is 27.0. The molecule has 1 heterocycles. The highest BCUT2D eigenvalue weighted by Gasteiger charge is 2.27. The van der Waals surface area contributed by atoms with Crippen LogP contribution < -0.4 is 0 Å². The molecule has 0 aromatic heterocycles. The predicted molar refractivity (Wildman–Crippen MR) is 90.7 cm³/mol. The van der Waals surface area contributed by atoms with Crippen molar-refractivity contribution in [1.82, 2.24) is 9.80 Å². The number of ether oxygens (including phenoxy) is 1. The first-order valence-corrected chi connectivity index (χ1v) is 8.51. The molecule has 132 valence electrons. The Morgan fingerprint density at radius 2 is 2.04 bits per heavy atom. The van der Waals surface area contributed by atoms with Crippen LogP contribution in [0, 0.1) is 0 Å². The summed E-state index contributed by atoms with van der Waals surface area (Å²) in [5.74, 6) is -0.823. The third-order valence-corrected chi connectivity index (χ3v) is 4.36. The second-order valence-electron chi connectivity index (χ2n) is 6.09. The summed E-state index contributed by atoms with van der Waals surface area (Å²) >= 11 is 0. The lowest BCUT2D eigenvalue weighted by molar-refractivity contribution is -0.139. The first-order valence-electron chi connectivity index (χ1n) is 8.51. The quantitative estimate of drug-likeness (QED) is 0.830. The van der Waals surface area contributed by atoms with Crippen LogP contribution in [0.2, 0.25) is 0 Å². The molecule has 0 spiro atoms. The van der Waals surface area contributed by atoms with Gasteiger partial charge in [-0.25, -0.2) is 4.79 Å². The molecule has 1 fully saturated rings. The first-order chi connectivity index (χ1) is 11.6. The van der Waals surface area contributed by atoms with Crippen LogP contribution in [0.25, 0.3) is 0 Å². The monoisotopic (exact) mass is 334 g/mol. The van der Waals surface area contributed by atoms with Crippen molar-refractivity contribution in [1.29, 1.82) is 0 Å². The molecule has 0 aliphatic carbocycles. The molecule has 1 N–H and O–H groups in total. The summed E-state index contributed by atoms with van der Waals surface area (Å²) in [7, 11) is 0. The number of rotatable bonds is 7. The number of hydrogen-bond acceptors (Lipinski definition) is 4. The van der Waals surface area contributed by atoms with Crippen molar-refractivity contribution in [2.45, 2.75) is 38.8 Å². The second kappa shape index (κ2) is 9.27. The van der Waals surface area contributed by atoms with Crippen LogP contribution in [0.3, 0.4) is 0 Å². The number of carbonyl (C=O) groups is 2. The molecule has 0 saturated carbocycles. The normalized spacial score (nSPS) is 18.1. The average molecular weight is 334 g/mol. The summed E-state index contributed by atoms with van der Waals surface area (Å²) in [6, 6.07) is 9.65. The highest BCUT2D eigenvalue weighted by atomic mass is 16.6. The number of amides is 1. The summed E-state index contributed by atoms with van der Waals surface area (Å²) in [6.07, 6.45) is 2.64. The maximum absolute atomic E-state index is 12.3. The zero-order valence-corrected chi connectivity index (χ0v) is 14.2. The fourth-order valence-electron chi connectivity index (χ4n) is 3.05. The molecular formula is C18H26N2O4. The molecule has 1 aromatic carbocycles. The van der Waals surface area contributed by atoms with Crippen LogP contribution in [0.15, 0.2) is 30.3 Å². The van der Waals surface area contributed by atoms with E-state index in [1.54, 1.807) is 4.90 Å². The van der Waals surface area contributed by atoms with Gasteiger partial charge in [0.25, 0.3) is 0 Å². The van der Waals surface area contributed by atoms with Crippen LogP contribution in [0.1, 0.15) is 31.7 Å². The van der Waals surface area contributed by atoms with Gasteiger partial charge in [0, 0.05) is 19.1 Å². The molecule has 6 heteroatoms. The molecule has 1 saturated heterocycles. The van der Waals surface area contributed by atoms with Gasteiger partial charge in [0.15, 0.2) is 0 Å². The van der Waals surface area contributed by atoms with Crippen molar-refractivity contribution < 1.29 is 19.4 Å². The summed E-state index contributed by atoms with van der Waals surface area (Å²) in [5, 5.41) is 9.05. The Bertz CT molecular complexity index is 535. The Hall–Kier alpha value is -2.08. The van der Waals surface area contributed by atoms with E-state index in [0.717, 1.165) is 31.4 Å². The van der Waals surface area contributed by atoms with E-state index >= 15 is 0 Å². The van der Waals surface area contributed by atoms with E-state index in [1.807, 2.05) is 42.2 Å². The van der Waals surface area contributed by atoms with Gasteiger partial charge in [0.05, 0.1) is 6.54 Å². The number of carboxylic acid groups (broad SMARTS) is 1. The van der Waals surface area contributed by atoms with E-state index in [0.29, 0.717) is 13.1 Å². The maximum atomic E-state index is 12.3. The van der Waals surface area contributed by atoms with Gasteiger partial charge in [-0.05, 0) is 31.9 Å². The Morgan fingerprint density at radius 1 is 1.29 bits per heavy atom. The third-order valence-electron chi connectivity index (χ3n) is 4.36. The summed E-state index contributed by atoms with van der Waals surface area (Å²) < 4.78 is 5.39. The van der Waals surface area contributed by atoms with Crippen LogP contribution >= 0.6 is 0 Å². The van der Waals surface area contributed by atoms with Crippen LogP contribution in [0.5, 0.6) is 0 Å². The van der Waals surface area contributed by atoms with Crippen molar-refractivity contribution in [3.8, 4) is 0 Å². The lowest BCUT2D eigenvalue weighted by atomic mass is 10.0. The minimum atomic E-state index is -0.823. The molecule has 0 radical (unpaired) electrons. The minimum Gasteiger partial charge on any atom is -0.480 e. The van der Waals surface area contributed by atoms with Gasteiger partial charge in [0.1, 0.15) is 6.61 Å². The van der Waals surface area contributed by atoms with Crippen molar-refractivity contribution in [3.63, 3.8) is 0 Å². The van der Waals surface area contributed by atoms with E-state index < -0.39 is 5.97 Å². The fraction of sp³-hybridized carbons (Fsp3) is 0.556. The lowest BCUT2D eigenvalue weighted by Crippen LogP contribution is -2.49. The van der Waals surface area contributed by atoms with Crippen molar-refractivity contribution in [3.05, 3.63) is 35.9 Å². The van der Waals surface area contributed by atoms with Gasteiger partial charge in [-0.3, -0.25) is 9.69 Å². The SMILES string of the molecule is CCN(C[C@H]1CCCCN1CC(=O)O)C(=O)OCc1ccccc1. The minimum absolute atomic E-state index is 0.0291. The average Bonchev–Trinajstić information content (AvgIpc) is 2.59. The molecular weight excluding hydrogens is 308 g/mol. The number of aliphatic carboxylic acids is 1. The highest BCUT2D eigenvalue weighted by molar-refractivity contribution is 5.69. The van der Waals surface area contributed by atoms with Crippen LogP contribution in [-0.4, -0.2) is 59.2 Å². The number of likely N-dealkylation sites (tertiary alicyclic amines) is 1. The maximum Gasteiger partial charge on any atom is 0.410 e.